The van der Waals surface area contributed by atoms with Gasteiger partial charge in [-0.15, -0.1) is 0 Å². The van der Waals surface area contributed by atoms with E-state index in [0.29, 0.717) is 34.9 Å². The van der Waals surface area contributed by atoms with Crippen LogP contribution in [-0.4, -0.2) is 23.6 Å². The van der Waals surface area contributed by atoms with Crippen LogP contribution < -0.4 is 15.5 Å². The zero-order valence-corrected chi connectivity index (χ0v) is 19.2. The van der Waals surface area contributed by atoms with Gasteiger partial charge in [0.1, 0.15) is 11.9 Å². The van der Waals surface area contributed by atoms with E-state index in [1.807, 2.05) is 0 Å². The molecule has 1 aliphatic heterocycles. The summed E-state index contributed by atoms with van der Waals surface area (Å²) in [7, 11) is 0. The summed E-state index contributed by atoms with van der Waals surface area (Å²) in [5.74, 6) is -0.0674. The van der Waals surface area contributed by atoms with Gasteiger partial charge in [0.05, 0.1) is 5.69 Å². The predicted octanol–water partition coefficient (Wildman–Crippen LogP) is 5.82. The number of halogens is 2. The molecular formula is C23H27ClFN3OS. The van der Waals surface area contributed by atoms with Crippen LogP contribution in [0.15, 0.2) is 36.4 Å². The fraction of sp³-hybridized carbons (Fsp3) is 0.391. The highest BCUT2D eigenvalue weighted by Gasteiger charge is 2.34. The molecule has 1 saturated heterocycles. The predicted molar refractivity (Wildman–Crippen MR) is 126 cm³/mol. The first kappa shape index (κ1) is 22.5. The number of amides is 1. The SMILES string of the molecule is CC(C)c1cccc(C(C)C)c1NC(=S)NC1CCN(c2ccc(Cl)cc2F)C1=O. The average Bonchev–Trinajstić information content (AvgIpc) is 3.01. The van der Waals surface area contributed by atoms with Gasteiger partial charge >= 0.3 is 0 Å². The molecule has 2 N–H and O–H groups in total. The van der Waals surface area contributed by atoms with Crippen LogP contribution in [0.4, 0.5) is 15.8 Å². The molecule has 1 aliphatic rings. The number of hydrogen-bond donors (Lipinski definition) is 2. The maximum Gasteiger partial charge on any atom is 0.249 e. The quantitative estimate of drug-likeness (QED) is 0.567. The van der Waals surface area contributed by atoms with Crippen LogP contribution in [0.1, 0.15) is 57.1 Å². The maximum absolute atomic E-state index is 14.3. The van der Waals surface area contributed by atoms with Crippen LogP contribution in [0.3, 0.4) is 0 Å². The molecule has 0 radical (unpaired) electrons. The minimum atomic E-state index is -0.510. The van der Waals surface area contributed by atoms with Crippen molar-refractivity contribution in [1.82, 2.24) is 5.32 Å². The fourth-order valence-corrected chi connectivity index (χ4v) is 4.16. The number of anilines is 2. The summed E-state index contributed by atoms with van der Waals surface area (Å²) in [6.45, 7) is 8.97. The number of carbonyl (C=O) groups is 1. The largest absolute Gasteiger partial charge is 0.351 e. The Morgan fingerprint density at radius 2 is 1.80 bits per heavy atom. The highest BCUT2D eigenvalue weighted by atomic mass is 35.5. The Hall–Kier alpha value is -2.18. The molecule has 4 nitrogen and oxygen atoms in total. The van der Waals surface area contributed by atoms with Gasteiger partial charge < -0.3 is 15.5 Å². The van der Waals surface area contributed by atoms with Gasteiger partial charge in [-0.3, -0.25) is 4.79 Å². The molecule has 160 valence electrons. The number of rotatable bonds is 5. The van der Waals surface area contributed by atoms with E-state index < -0.39 is 11.9 Å². The summed E-state index contributed by atoms with van der Waals surface area (Å²) in [5.41, 5.74) is 3.58. The van der Waals surface area contributed by atoms with Gasteiger partial charge in [-0.05, 0) is 59.8 Å². The molecule has 1 fully saturated rings. The van der Waals surface area contributed by atoms with Crippen molar-refractivity contribution < 1.29 is 9.18 Å². The van der Waals surface area contributed by atoms with Crippen LogP contribution >= 0.6 is 23.8 Å². The zero-order chi connectivity index (χ0) is 22.0. The van der Waals surface area contributed by atoms with Crippen molar-refractivity contribution in [3.05, 3.63) is 58.4 Å². The standard InChI is InChI=1S/C23H27ClFN3OS/c1-13(2)16-6-5-7-17(14(3)4)21(16)27-23(30)26-19-10-11-28(22(19)29)20-9-8-15(24)12-18(20)25/h5-9,12-14,19H,10-11H2,1-4H3,(H2,26,27,30). The van der Waals surface area contributed by atoms with Crippen molar-refractivity contribution in [3.8, 4) is 0 Å². The second-order valence-electron chi connectivity index (χ2n) is 8.15. The van der Waals surface area contributed by atoms with Crippen LogP contribution in [0.2, 0.25) is 5.02 Å². The van der Waals surface area contributed by atoms with Gasteiger partial charge in [-0.1, -0.05) is 57.5 Å². The minimum absolute atomic E-state index is 0.207. The first-order valence-electron chi connectivity index (χ1n) is 10.2. The van der Waals surface area contributed by atoms with Crippen LogP contribution in [0, 0.1) is 5.82 Å². The number of nitrogens with one attached hydrogen (secondary N) is 2. The zero-order valence-electron chi connectivity index (χ0n) is 17.6. The van der Waals surface area contributed by atoms with E-state index in [2.05, 4.69) is 56.5 Å². The normalized spacial score (nSPS) is 16.5. The van der Waals surface area contributed by atoms with Gasteiger partial charge in [0.2, 0.25) is 5.91 Å². The first-order valence-corrected chi connectivity index (χ1v) is 10.9. The lowest BCUT2D eigenvalue weighted by Gasteiger charge is -2.23. The molecule has 1 unspecified atom stereocenters. The molecule has 2 aromatic rings. The van der Waals surface area contributed by atoms with E-state index in [1.165, 1.54) is 28.2 Å². The third-order valence-electron chi connectivity index (χ3n) is 5.32. The maximum atomic E-state index is 14.3. The summed E-state index contributed by atoms with van der Waals surface area (Å²) >= 11 is 11.4. The molecule has 2 aromatic carbocycles. The summed E-state index contributed by atoms with van der Waals surface area (Å²) in [4.78, 5) is 14.3. The summed E-state index contributed by atoms with van der Waals surface area (Å²) in [6.07, 6.45) is 0.533. The summed E-state index contributed by atoms with van der Waals surface area (Å²) in [6, 6.07) is 10.1. The van der Waals surface area contributed by atoms with E-state index >= 15 is 0 Å². The van der Waals surface area contributed by atoms with Crippen LogP contribution in [0.25, 0.3) is 0 Å². The van der Waals surface area contributed by atoms with Gasteiger partial charge in [0.15, 0.2) is 5.11 Å². The molecule has 1 atom stereocenters. The van der Waals surface area contributed by atoms with Gasteiger partial charge in [0.25, 0.3) is 0 Å². The number of thiocarbonyl (C=S) groups is 1. The van der Waals surface area contributed by atoms with Crippen molar-refractivity contribution in [2.45, 2.75) is 52.0 Å². The Bertz CT molecular complexity index is 937. The van der Waals surface area contributed by atoms with Crippen molar-refractivity contribution >= 4 is 46.2 Å². The monoisotopic (exact) mass is 447 g/mol. The van der Waals surface area contributed by atoms with E-state index in [0.717, 1.165) is 5.69 Å². The van der Waals surface area contributed by atoms with Crippen molar-refractivity contribution in [1.29, 1.82) is 0 Å². The number of para-hydroxylation sites is 1. The Morgan fingerprint density at radius 1 is 1.17 bits per heavy atom. The Morgan fingerprint density at radius 3 is 2.37 bits per heavy atom. The highest BCUT2D eigenvalue weighted by Crippen LogP contribution is 2.32. The topological polar surface area (TPSA) is 44.4 Å². The molecule has 0 spiro atoms. The lowest BCUT2D eigenvalue weighted by molar-refractivity contribution is -0.118. The van der Waals surface area contributed by atoms with E-state index in [4.69, 9.17) is 23.8 Å². The van der Waals surface area contributed by atoms with Gasteiger partial charge in [0, 0.05) is 17.3 Å². The average molecular weight is 448 g/mol. The summed E-state index contributed by atoms with van der Waals surface area (Å²) < 4.78 is 14.3. The number of carbonyl (C=O) groups excluding carboxylic acids is 1. The van der Waals surface area contributed by atoms with Crippen molar-refractivity contribution in [3.63, 3.8) is 0 Å². The third-order valence-corrected chi connectivity index (χ3v) is 5.78. The van der Waals surface area contributed by atoms with Crippen LogP contribution in [0.5, 0.6) is 0 Å². The second-order valence-corrected chi connectivity index (χ2v) is 8.99. The smallest absolute Gasteiger partial charge is 0.249 e. The first-order chi connectivity index (χ1) is 14.2. The lowest BCUT2D eigenvalue weighted by atomic mass is 9.93. The van der Waals surface area contributed by atoms with Gasteiger partial charge in [-0.2, -0.15) is 0 Å². The van der Waals surface area contributed by atoms with E-state index in [1.54, 1.807) is 6.07 Å². The molecule has 0 aromatic heterocycles. The third kappa shape index (κ3) is 4.76. The number of nitrogens with zero attached hydrogens (tertiary/aromatic N) is 1. The number of hydrogen-bond acceptors (Lipinski definition) is 2. The molecule has 0 aliphatic carbocycles. The second kappa shape index (κ2) is 9.31. The highest BCUT2D eigenvalue weighted by molar-refractivity contribution is 7.80. The minimum Gasteiger partial charge on any atom is -0.351 e. The Balaban J connectivity index is 1.74. The molecule has 30 heavy (non-hydrogen) atoms. The molecule has 0 bridgehead atoms. The van der Waals surface area contributed by atoms with E-state index in [-0.39, 0.29) is 11.6 Å². The molecule has 7 heteroatoms. The molecule has 1 heterocycles. The van der Waals surface area contributed by atoms with E-state index in [9.17, 15) is 9.18 Å². The molecule has 1 amide bonds. The van der Waals surface area contributed by atoms with Gasteiger partial charge in [-0.25, -0.2) is 4.39 Å². The van der Waals surface area contributed by atoms with Crippen molar-refractivity contribution in [2.75, 3.05) is 16.8 Å². The molecular weight excluding hydrogens is 421 g/mol. The van der Waals surface area contributed by atoms with Crippen molar-refractivity contribution in [2.24, 2.45) is 0 Å². The summed E-state index contributed by atoms with van der Waals surface area (Å²) in [5, 5.41) is 7.13. The molecule has 0 saturated carbocycles. The lowest BCUT2D eigenvalue weighted by Crippen LogP contribution is -2.43. The Labute approximate surface area is 187 Å². The number of benzene rings is 2. The molecule has 3 rings (SSSR count). The van der Waals surface area contributed by atoms with Crippen LogP contribution in [-0.2, 0) is 4.79 Å². The fourth-order valence-electron chi connectivity index (χ4n) is 3.76. The Kier molecular flexibility index (Phi) is 6.98.